The van der Waals surface area contributed by atoms with Crippen molar-refractivity contribution in [1.29, 1.82) is 0 Å². The fourth-order valence-electron chi connectivity index (χ4n) is 3.93. The molecular formula is C24H21F3N2O. The summed E-state index contributed by atoms with van der Waals surface area (Å²) in [4.78, 5) is 14.6. The van der Waals surface area contributed by atoms with E-state index in [0.29, 0.717) is 6.54 Å². The highest BCUT2D eigenvalue weighted by atomic mass is 19.4. The second kappa shape index (κ2) is 7.86. The first kappa shape index (κ1) is 20.0. The molecule has 1 aromatic heterocycles. The molecule has 0 aliphatic carbocycles. The van der Waals surface area contributed by atoms with E-state index in [9.17, 15) is 18.0 Å². The van der Waals surface area contributed by atoms with Gasteiger partial charge in [0.2, 0.25) is 5.91 Å². The van der Waals surface area contributed by atoms with Crippen molar-refractivity contribution in [3.8, 4) is 0 Å². The van der Waals surface area contributed by atoms with Crippen LogP contribution in [0, 0.1) is 0 Å². The van der Waals surface area contributed by atoms with Gasteiger partial charge in [0.15, 0.2) is 0 Å². The Morgan fingerprint density at radius 2 is 1.40 bits per heavy atom. The number of amides is 1. The molecule has 0 spiro atoms. The van der Waals surface area contributed by atoms with Gasteiger partial charge in [0.1, 0.15) is 6.54 Å². The number of carbonyl (C=O) groups is 1. The number of benzene rings is 3. The average molecular weight is 410 g/mol. The van der Waals surface area contributed by atoms with Crippen LogP contribution in [0.1, 0.15) is 18.1 Å². The zero-order valence-corrected chi connectivity index (χ0v) is 16.5. The third-order valence-electron chi connectivity index (χ3n) is 5.39. The summed E-state index contributed by atoms with van der Waals surface area (Å²) in [5.74, 6) is -0.221. The average Bonchev–Trinajstić information content (AvgIpc) is 3.05. The normalized spacial score (nSPS) is 11.9. The highest BCUT2D eigenvalue weighted by molar-refractivity contribution is 6.08. The minimum Gasteiger partial charge on any atom is -0.337 e. The van der Waals surface area contributed by atoms with Crippen LogP contribution in [0.5, 0.6) is 0 Å². The molecule has 0 N–H and O–H groups in total. The lowest BCUT2D eigenvalue weighted by Crippen LogP contribution is -2.33. The quantitative estimate of drug-likeness (QED) is 0.404. The third kappa shape index (κ3) is 3.65. The molecule has 1 amide bonds. The molecule has 0 fully saturated rings. The summed E-state index contributed by atoms with van der Waals surface area (Å²) >= 11 is 0. The van der Waals surface area contributed by atoms with Gasteiger partial charge in [-0.15, -0.1) is 0 Å². The third-order valence-corrected chi connectivity index (χ3v) is 5.39. The zero-order valence-electron chi connectivity index (χ0n) is 16.5. The van der Waals surface area contributed by atoms with Crippen molar-refractivity contribution in [3.05, 3.63) is 83.9 Å². The molecule has 0 saturated heterocycles. The molecule has 0 saturated carbocycles. The largest absolute Gasteiger partial charge is 0.416 e. The van der Waals surface area contributed by atoms with E-state index >= 15 is 0 Å². The van der Waals surface area contributed by atoms with E-state index in [4.69, 9.17) is 0 Å². The fraction of sp³-hybridized carbons (Fsp3) is 0.208. The maximum Gasteiger partial charge on any atom is 0.416 e. The van der Waals surface area contributed by atoms with Crippen LogP contribution in [0.3, 0.4) is 0 Å². The van der Waals surface area contributed by atoms with Crippen molar-refractivity contribution in [2.24, 2.45) is 0 Å². The molecule has 30 heavy (non-hydrogen) atoms. The first-order chi connectivity index (χ1) is 14.4. The van der Waals surface area contributed by atoms with Gasteiger partial charge in [0, 0.05) is 34.9 Å². The fourth-order valence-corrected chi connectivity index (χ4v) is 3.93. The van der Waals surface area contributed by atoms with Crippen LogP contribution in [-0.2, 0) is 24.1 Å². The number of nitrogens with zero attached hydrogens (tertiary/aromatic N) is 2. The molecule has 3 nitrogen and oxygen atoms in total. The van der Waals surface area contributed by atoms with Crippen LogP contribution in [0.2, 0.25) is 0 Å². The predicted molar refractivity (Wildman–Crippen MR) is 112 cm³/mol. The summed E-state index contributed by atoms with van der Waals surface area (Å²) in [6.07, 6.45) is -4.45. The number of aromatic nitrogens is 1. The number of alkyl halides is 3. The Hall–Kier alpha value is -3.28. The summed E-state index contributed by atoms with van der Waals surface area (Å²) in [7, 11) is 0. The van der Waals surface area contributed by atoms with E-state index in [2.05, 4.69) is 0 Å². The van der Waals surface area contributed by atoms with E-state index < -0.39 is 11.7 Å². The number of hydrogen-bond acceptors (Lipinski definition) is 1. The maximum atomic E-state index is 13.4. The molecule has 4 aromatic rings. The Bertz CT molecular complexity index is 1160. The van der Waals surface area contributed by atoms with Crippen LogP contribution in [0.15, 0.2) is 72.8 Å². The molecule has 154 valence electrons. The minimum atomic E-state index is -4.45. The monoisotopic (exact) mass is 410 g/mol. The van der Waals surface area contributed by atoms with Gasteiger partial charge in [0.05, 0.1) is 5.56 Å². The van der Waals surface area contributed by atoms with Crippen molar-refractivity contribution in [3.63, 3.8) is 0 Å². The highest BCUT2D eigenvalue weighted by Crippen LogP contribution is 2.33. The van der Waals surface area contributed by atoms with Crippen molar-refractivity contribution in [2.75, 3.05) is 6.54 Å². The molecule has 0 bridgehead atoms. The van der Waals surface area contributed by atoms with Crippen molar-refractivity contribution >= 4 is 27.7 Å². The lowest BCUT2D eigenvalue weighted by Gasteiger charge is -2.24. The minimum absolute atomic E-state index is 0.0655. The Morgan fingerprint density at radius 3 is 1.97 bits per heavy atom. The van der Waals surface area contributed by atoms with E-state index in [1.807, 2.05) is 53.1 Å². The molecule has 0 unspecified atom stereocenters. The topological polar surface area (TPSA) is 25.2 Å². The standard InChI is InChI=1S/C24H21F3N2O/c1-2-28(15-17-9-3-6-12-20(17)24(25,26)27)23(30)16-29-21-13-7-4-10-18(21)19-11-5-8-14-22(19)29/h3-14H,2,15-16H2,1H3. The summed E-state index contributed by atoms with van der Waals surface area (Å²) in [5, 5.41) is 2.10. The van der Waals surface area contributed by atoms with Crippen LogP contribution in [-0.4, -0.2) is 21.9 Å². The number of halogens is 3. The number of fused-ring (bicyclic) bond motifs is 3. The lowest BCUT2D eigenvalue weighted by atomic mass is 10.1. The van der Waals surface area contributed by atoms with Crippen LogP contribution in [0.25, 0.3) is 21.8 Å². The van der Waals surface area contributed by atoms with Gasteiger partial charge >= 0.3 is 6.18 Å². The number of likely N-dealkylation sites (N-methyl/N-ethyl adjacent to an activating group) is 1. The number of rotatable bonds is 5. The molecule has 3 aromatic carbocycles. The Labute approximate surface area is 172 Å². The highest BCUT2D eigenvalue weighted by Gasteiger charge is 2.33. The summed E-state index contributed by atoms with van der Waals surface area (Å²) < 4.78 is 42.0. The summed E-state index contributed by atoms with van der Waals surface area (Å²) in [5.41, 5.74) is 1.26. The molecule has 4 rings (SSSR count). The van der Waals surface area contributed by atoms with Gasteiger partial charge in [-0.05, 0) is 30.7 Å². The van der Waals surface area contributed by atoms with Gasteiger partial charge in [-0.3, -0.25) is 4.79 Å². The predicted octanol–water partition coefficient (Wildman–Crippen LogP) is 5.86. The molecule has 0 radical (unpaired) electrons. The van der Waals surface area contributed by atoms with Crippen LogP contribution in [0.4, 0.5) is 13.2 Å². The van der Waals surface area contributed by atoms with E-state index in [-0.39, 0.29) is 24.6 Å². The van der Waals surface area contributed by atoms with Gasteiger partial charge in [-0.1, -0.05) is 54.6 Å². The van der Waals surface area contributed by atoms with E-state index in [1.165, 1.54) is 17.0 Å². The molecule has 0 aliphatic rings. The maximum absolute atomic E-state index is 13.4. The van der Waals surface area contributed by atoms with Crippen molar-refractivity contribution < 1.29 is 18.0 Å². The van der Waals surface area contributed by atoms with Gasteiger partial charge in [-0.2, -0.15) is 13.2 Å². The molecule has 0 aliphatic heterocycles. The number of carbonyl (C=O) groups excluding carboxylic acids is 1. The van der Waals surface area contributed by atoms with Crippen LogP contribution < -0.4 is 0 Å². The second-order valence-corrected chi connectivity index (χ2v) is 7.18. The first-order valence-corrected chi connectivity index (χ1v) is 9.79. The van der Waals surface area contributed by atoms with Crippen molar-refractivity contribution in [1.82, 2.24) is 9.47 Å². The Kier molecular flexibility index (Phi) is 5.24. The smallest absolute Gasteiger partial charge is 0.337 e. The summed E-state index contributed by atoms with van der Waals surface area (Å²) in [6.45, 7) is 2.08. The first-order valence-electron chi connectivity index (χ1n) is 9.79. The number of hydrogen-bond donors (Lipinski definition) is 0. The van der Waals surface area contributed by atoms with Gasteiger partial charge in [-0.25, -0.2) is 0 Å². The Balaban J connectivity index is 1.67. The van der Waals surface area contributed by atoms with E-state index in [1.54, 1.807) is 13.0 Å². The molecule has 6 heteroatoms. The van der Waals surface area contributed by atoms with Crippen molar-refractivity contribution in [2.45, 2.75) is 26.2 Å². The second-order valence-electron chi connectivity index (χ2n) is 7.18. The van der Waals surface area contributed by atoms with E-state index in [0.717, 1.165) is 27.9 Å². The zero-order chi connectivity index (χ0) is 21.3. The molecular weight excluding hydrogens is 389 g/mol. The van der Waals surface area contributed by atoms with Crippen LogP contribution >= 0.6 is 0 Å². The Morgan fingerprint density at radius 1 is 0.867 bits per heavy atom. The lowest BCUT2D eigenvalue weighted by molar-refractivity contribution is -0.140. The summed E-state index contributed by atoms with van der Waals surface area (Å²) in [6, 6.07) is 21.1. The molecule has 1 heterocycles. The van der Waals surface area contributed by atoms with Gasteiger partial charge < -0.3 is 9.47 Å². The number of para-hydroxylation sites is 2. The van der Waals surface area contributed by atoms with Gasteiger partial charge in [0.25, 0.3) is 0 Å². The molecule has 0 atom stereocenters. The SMILES string of the molecule is CCN(Cc1ccccc1C(F)(F)F)C(=O)Cn1c2ccccc2c2ccccc21.